The highest BCUT2D eigenvalue weighted by molar-refractivity contribution is 5.88. The summed E-state index contributed by atoms with van der Waals surface area (Å²) in [4.78, 5) is 29.9. The van der Waals surface area contributed by atoms with Crippen LogP contribution >= 0.6 is 0 Å². The van der Waals surface area contributed by atoms with Gasteiger partial charge < -0.3 is 58.8 Å². The number of hydrogen-bond acceptors (Lipinski definition) is 18. The first-order valence-electron chi connectivity index (χ1n) is 24.9. The number of ether oxygens (including phenoxy) is 7. The topological polar surface area (TPSA) is 229 Å². The fourth-order valence-corrected chi connectivity index (χ4v) is 10.3. The molecule has 2 aliphatic rings. The van der Waals surface area contributed by atoms with Crippen LogP contribution in [0.5, 0.6) is 0 Å². The zero-order valence-electron chi connectivity index (χ0n) is 43.9. The SMILES string of the molecule is CC[C@H]1OC(=O)[C@H](C)C[C@H](C)[C@@H](O[C@H]2C[C@@H](N(C)CCc3cn([C@H](CF)[C@H](OC)c4ccc(-c5cnc(N)nc5)cc4)nn3)C[C@@H](C)O2)[C@](C)(OC)C[C@@H](C)/C(=N/OCOCCOC)[C@H](C)[C@@H](O)[C@]1(C)O. The van der Waals surface area contributed by atoms with Crippen LogP contribution in [0.2, 0.25) is 0 Å². The maximum Gasteiger partial charge on any atom is 0.309 e. The molecule has 5 rings (SSSR count). The number of oxime groups is 1. The van der Waals surface area contributed by atoms with Crippen molar-refractivity contribution in [3.8, 4) is 11.1 Å². The standard InChI is InChI=1S/C51H81FN8O11/c1-13-42-51(8,63)46(61)35(6)44(57-68-30-67-21-20-64-10)33(4)25-50(7,66-12)47(31(2)22-32(3)48(62)70-42)71-43-24-40(23-34(5)69-43)59(9)19-18-39-29-60(58-56-39)41(26-52)45(65-11)37-16-14-36(15-17-37)38-27-54-49(53)55-28-38/h14-17,27-29,31-35,40-43,45-47,61,63H,13,18-26,30H2,1-12H3,(H2,53,54,55)/b57-44-/t31-,32+,33+,34+,35-,40-,41+,42+,43-,45+,46+,47+,50+,51+/m0/s1. The van der Waals surface area contributed by atoms with Gasteiger partial charge in [-0.2, -0.15) is 0 Å². The molecule has 0 bridgehead atoms. The van der Waals surface area contributed by atoms with Crippen LogP contribution in [0.4, 0.5) is 10.3 Å². The summed E-state index contributed by atoms with van der Waals surface area (Å²) in [5, 5.41) is 37.0. The van der Waals surface area contributed by atoms with E-state index in [1.54, 1.807) is 65.4 Å². The third-order valence-corrected chi connectivity index (χ3v) is 14.5. The second-order valence-corrected chi connectivity index (χ2v) is 20.0. The van der Waals surface area contributed by atoms with Crippen LogP contribution in [0.15, 0.2) is 48.0 Å². The summed E-state index contributed by atoms with van der Waals surface area (Å²) in [5.41, 5.74) is 6.52. The van der Waals surface area contributed by atoms with Gasteiger partial charge in [-0.3, -0.25) is 4.79 Å². The van der Waals surface area contributed by atoms with E-state index < -0.39 is 72.4 Å². The highest BCUT2D eigenvalue weighted by atomic mass is 19.1. The molecule has 0 radical (unpaired) electrons. The minimum absolute atomic E-state index is 0.0663. The molecule has 2 aromatic heterocycles. The summed E-state index contributed by atoms with van der Waals surface area (Å²) in [6.45, 7) is 15.3. The smallest absolute Gasteiger partial charge is 0.309 e. The molecule has 2 aliphatic heterocycles. The lowest BCUT2D eigenvalue weighted by Gasteiger charge is -2.46. The van der Waals surface area contributed by atoms with Gasteiger partial charge in [0.15, 0.2) is 6.29 Å². The van der Waals surface area contributed by atoms with E-state index in [2.05, 4.69) is 37.4 Å². The summed E-state index contributed by atoms with van der Waals surface area (Å²) >= 11 is 0. The molecule has 0 amide bonds. The highest BCUT2D eigenvalue weighted by Gasteiger charge is 2.49. The number of carbonyl (C=O) groups excluding carboxylic acids is 1. The number of carbonyl (C=O) groups is 1. The van der Waals surface area contributed by atoms with Crippen molar-refractivity contribution in [2.24, 2.45) is 28.8 Å². The number of methoxy groups -OCH3 is 3. The Morgan fingerprint density at radius 3 is 2.35 bits per heavy atom. The molecule has 20 heteroatoms. The van der Waals surface area contributed by atoms with Gasteiger partial charge in [-0.25, -0.2) is 19.0 Å². The van der Waals surface area contributed by atoms with Crippen LogP contribution in [-0.4, -0.2) is 161 Å². The molecule has 398 valence electrons. The van der Waals surface area contributed by atoms with E-state index in [9.17, 15) is 19.4 Å². The van der Waals surface area contributed by atoms with Crippen molar-refractivity contribution in [3.63, 3.8) is 0 Å². The number of nitrogens with zero attached hydrogens (tertiary/aromatic N) is 7. The zero-order valence-corrected chi connectivity index (χ0v) is 43.9. The Hall–Kier alpha value is -4.25. The number of hydrogen-bond donors (Lipinski definition) is 3. The number of likely N-dealkylation sites (N-methyl/N-ethyl adjacent to an activating group) is 1. The third-order valence-electron chi connectivity index (χ3n) is 14.5. The van der Waals surface area contributed by atoms with Gasteiger partial charge in [0.1, 0.15) is 30.5 Å². The number of halogens is 1. The predicted molar refractivity (Wildman–Crippen MR) is 265 cm³/mol. The maximum absolute atomic E-state index is 14.8. The Morgan fingerprint density at radius 1 is 1.01 bits per heavy atom. The predicted octanol–water partition coefficient (Wildman–Crippen LogP) is 6.14. The van der Waals surface area contributed by atoms with Crippen molar-refractivity contribution in [2.45, 2.75) is 154 Å². The Kier molecular flexibility index (Phi) is 21.6. The highest BCUT2D eigenvalue weighted by Crippen LogP contribution is 2.40. The summed E-state index contributed by atoms with van der Waals surface area (Å²) < 4.78 is 58.9. The van der Waals surface area contributed by atoms with Crippen molar-refractivity contribution < 1.29 is 57.4 Å². The van der Waals surface area contributed by atoms with E-state index in [1.807, 2.05) is 52.0 Å². The molecule has 0 unspecified atom stereocenters. The van der Waals surface area contributed by atoms with Crippen molar-refractivity contribution in [3.05, 3.63) is 54.1 Å². The van der Waals surface area contributed by atoms with E-state index >= 15 is 0 Å². The van der Waals surface area contributed by atoms with Gasteiger partial charge in [0, 0.05) is 82.7 Å². The molecular weight excluding hydrogens is 920 g/mol. The number of rotatable bonds is 20. The molecule has 0 saturated carbocycles. The molecule has 14 atom stereocenters. The van der Waals surface area contributed by atoms with Crippen LogP contribution in [0.3, 0.4) is 0 Å². The van der Waals surface area contributed by atoms with Crippen LogP contribution in [-0.2, 0) is 49.2 Å². The average molecular weight is 1000 g/mol. The molecule has 19 nitrogen and oxygen atoms in total. The average Bonchev–Trinajstić information content (AvgIpc) is 3.83. The largest absolute Gasteiger partial charge is 0.459 e. The molecule has 3 aromatic rings. The normalized spacial score (nSPS) is 31.8. The summed E-state index contributed by atoms with van der Waals surface area (Å²) in [5.74, 6) is -2.23. The third kappa shape index (κ3) is 14.9. The first kappa shape index (κ1) is 57.6. The van der Waals surface area contributed by atoms with Crippen molar-refractivity contribution in [1.29, 1.82) is 0 Å². The number of aromatic nitrogens is 5. The Morgan fingerprint density at radius 2 is 1.72 bits per heavy atom. The zero-order chi connectivity index (χ0) is 52.0. The minimum atomic E-state index is -1.82. The second-order valence-electron chi connectivity index (χ2n) is 20.0. The van der Waals surface area contributed by atoms with Gasteiger partial charge in [0.2, 0.25) is 12.7 Å². The lowest BCUT2D eigenvalue weighted by molar-refractivity contribution is -0.265. The summed E-state index contributed by atoms with van der Waals surface area (Å²) in [6, 6.07) is 6.92. The first-order valence-corrected chi connectivity index (χ1v) is 24.9. The number of alkyl halides is 1. The molecule has 0 aliphatic carbocycles. The van der Waals surface area contributed by atoms with Crippen molar-refractivity contribution in [1.82, 2.24) is 29.9 Å². The van der Waals surface area contributed by atoms with Gasteiger partial charge in [-0.1, -0.05) is 69.3 Å². The fraction of sp³-hybridized carbons (Fsp3) is 0.725. The lowest BCUT2D eigenvalue weighted by Crippen LogP contribution is -2.57. The number of cyclic esters (lactones) is 1. The molecular formula is C51H81FN8O11. The van der Waals surface area contributed by atoms with E-state index in [-0.39, 0.29) is 43.1 Å². The minimum Gasteiger partial charge on any atom is -0.459 e. The Balaban J connectivity index is 1.32. The maximum atomic E-state index is 14.8. The number of anilines is 1. The van der Waals surface area contributed by atoms with E-state index in [0.29, 0.717) is 56.8 Å². The molecule has 0 spiro atoms. The van der Waals surface area contributed by atoms with Crippen molar-refractivity contribution in [2.75, 3.05) is 67.3 Å². The molecule has 71 heavy (non-hydrogen) atoms. The number of esters is 1. The number of nitrogens with two attached hydrogens (primary N) is 1. The van der Waals surface area contributed by atoms with Gasteiger partial charge in [-0.15, -0.1) is 5.10 Å². The van der Waals surface area contributed by atoms with E-state index in [1.165, 1.54) is 6.92 Å². The molecule has 2 saturated heterocycles. The van der Waals surface area contributed by atoms with Crippen molar-refractivity contribution >= 4 is 17.6 Å². The summed E-state index contributed by atoms with van der Waals surface area (Å²) in [7, 11) is 6.84. The van der Waals surface area contributed by atoms with Gasteiger partial charge >= 0.3 is 5.97 Å². The number of aliphatic hydroxyl groups is 2. The second kappa shape index (κ2) is 26.6. The van der Waals surface area contributed by atoms with Crippen LogP contribution in [0, 0.1) is 23.7 Å². The lowest BCUT2D eigenvalue weighted by atomic mass is 9.74. The van der Waals surface area contributed by atoms with Gasteiger partial charge in [0.05, 0.1) is 54.5 Å². The number of benzene rings is 1. The fourth-order valence-electron chi connectivity index (χ4n) is 10.3. The van der Waals surface area contributed by atoms with Crippen LogP contribution in [0.25, 0.3) is 11.1 Å². The monoisotopic (exact) mass is 1000 g/mol. The number of aliphatic hydroxyl groups excluding tert-OH is 1. The molecule has 4 N–H and O–H groups in total. The first-order chi connectivity index (χ1) is 33.8. The van der Waals surface area contributed by atoms with Crippen LogP contribution in [0.1, 0.15) is 111 Å². The molecule has 4 heterocycles. The Labute approximate surface area is 419 Å². The van der Waals surface area contributed by atoms with Gasteiger partial charge in [-0.05, 0) is 70.5 Å². The van der Waals surface area contributed by atoms with Crippen LogP contribution < -0.4 is 5.73 Å². The van der Waals surface area contributed by atoms with Gasteiger partial charge in [0.25, 0.3) is 0 Å². The van der Waals surface area contributed by atoms with E-state index in [0.717, 1.165) is 23.1 Å². The quantitative estimate of drug-likeness (QED) is 0.0500. The Bertz CT molecular complexity index is 2100. The number of nitrogen functional groups attached to an aromatic ring is 1. The summed E-state index contributed by atoms with van der Waals surface area (Å²) in [6.07, 6.45) is 3.59. The van der Waals surface area contributed by atoms with E-state index in [4.69, 9.17) is 43.7 Å². The molecule has 2 fully saturated rings. The molecule has 1 aromatic carbocycles.